The molecule has 0 saturated heterocycles. The van der Waals surface area contributed by atoms with Crippen molar-refractivity contribution in [1.82, 2.24) is 0 Å². The molecule has 0 radical (unpaired) electrons. The molecule has 0 amide bonds. The summed E-state index contributed by atoms with van der Waals surface area (Å²) in [5.41, 5.74) is 4.52. The smallest absolute Gasteiger partial charge is 0.00754 e. The third kappa shape index (κ3) is 21.0. The van der Waals surface area contributed by atoms with Gasteiger partial charge in [-0.25, -0.2) is 0 Å². The minimum atomic E-state index is 0.385. The molecule has 0 bridgehead atoms. The van der Waals surface area contributed by atoms with Crippen LogP contribution in [0.3, 0.4) is 0 Å². The van der Waals surface area contributed by atoms with E-state index in [0.29, 0.717) is 5.41 Å². The molecule has 0 fully saturated rings. The highest BCUT2D eigenvalue weighted by Crippen LogP contribution is 2.33. The van der Waals surface area contributed by atoms with E-state index < -0.39 is 0 Å². The van der Waals surface area contributed by atoms with Crippen LogP contribution in [-0.2, 0) is 11.8 Å². The molecule has 0 heteroatoms. The van der Waals surface area contributed by atoms with Gasteiger partial charge in [0.1, 0.15) is 0 Å². The summed E-state index contributed by atoms with van der Waals surface area (Å²) in [6.07, 6.45) is 9.23. The molecule has 0 saturated carbocycles. The monoisotopic (exact) mass is 390 g/mol. The number of hydrogen-bond donors (Lipinski definition) is 0. The Labute approximate surface area is 180 Å². The molecule has 0 aliphatic rings. The van der Waals surface area contributed by atoms with Crippen molar-refractivity contribution in [2.75, 3.05) is 0 Å². The van der Waals surface area contributed by atoms with Crippen LogP contribution in [0.15, 0.2) is 49.1 Å². The topological polar surface area (TPSA) is 0 Å². The van der Waals surface area contributed by atoms with Crippen molar-refractivity contribution in [3.05, 3.63) is 60.2 Å². The summed E-state index contributed by atoms with van der Waals surface area (Å²) in [7, 11) is 0. The molecule has 0 N–H and O–H groups in total. The fourth-order valence-electron chi connectivity index (χ4n) is 2.66. The Kier molecular flexibility index (Phi) is 31.4. The number of allylic oxidation sites excluding steroid dienone is 2. The molecule has 0 atom stereocenters. The zero-order chi connectivity index (χ0) is 23.0. The van der Waals surface area contributed by atoms with Crippen LogP contribution in [-0.4, -0.2) is 0 Å². The van der Waals surface area contributed by atoms with E-state index in [4.69, 9.17) is 0 Å². The van der Waals surface area contributed by atoms with Crippen molar-refractivity contribution in [3.63, 3.8) is 0 Å². The van der Waals surface area contributed by atoms with Crippen molar-refractivity contribution in [1.29, 1.82) is 0 Å². The highest BCUT2D eigenvalue weighted by molar-refractivity contribution is 5.28. The lowest BCUT2D eigenvalue weighted by atomic mass is 9.75. The summed E-state index contributed by atoms with van der Waals surface area (Å²) in [4.78, 5) is 0. The molecule has 0 aliphatic heterocycles. The number of rotatable bonds is 7. The number of aryl methyl sites for hydroxylation is 1. The van der Waals surface area contributed by atoms with E-state index in [9.17, 15) is 0 Å². The van der Waals surface area contributed by atoms with Crippen LogP contribution in [0.1, 0.15) is 119 Å². The Bertz CT molecular complexity index is 412. The summed E-state index contributed by atoms with van der Waals surface area (Å²) < 4.78 is 0. The largest absolute Gasteiger partial charge is 0.103 e. The van der Waals surface area contributed by atoms with E-state index in [1.54, 1.807) is 0 Å². The highest BCUT2D eigenvalue weighted by atomic mass is 14.3. The van der Waals surface area contributed by atoms with Crippen molar-refractivity contribution in [3.8, 4) is 0 Å². The van der Waals surface area contributed by atoms with E-state index >= 15 is 0 Å². The van der Waals surface area contributed by atoms with E-state index in [-0.39, 0.29) is 0 Å². The molecule has 0 aromatic heterocycles. The van der Waals surface area contributed by atoms with Crippen LogP contribution in [0.25, 0.3) is 0 Å². The van der Waals surface area contributed by atoms with Gasteiger partial charge in [-0.2, -0.15) is 0 Å². The molecular formula is C28H54. The molecule has 0 nitrogen and oxygen atoms in total. The van der Waals surface area contributed by atoms with Crippen LogP contribution in [0.5, 0.6) is 0 Å². The first-order valence-corrected chi connectivity index (χ1v) is 11.6. The predicted octanol–water partition coefficient (Wildman–Crippen LogP) is 10.3. The summed E-state index contributed by atoms with van der Waals surface area (Å²) in [5.74, 6) is 0. The zero-order valence-electron chi connectivity index (χ0n) is 21.5. The minimum absolute atomic E-state index is 0.385. The van der Waals surface area contributed by atoms with Crippen molar-refractivity contribution < 1.29 is 0 Å². The SMILES string of the molecule is C=C(C)C.C=CCC.CC.CC.CCCC(C)(CCC)c1ccc(CC)cc1. The molecule has 1 rings (SSSR count). The van der Waals surface area contributed by atoms with Crippen LogP contribution in [0.4, 0.5) is 0 Å². The first-order chi connectivity index (χ1) is 13.3. The predicted molar refractivity (Wildman–Crippen MR) is 137 cm³/mol. The second kappa shape index (κ2) is 25.7. The van der Waals surface area contributed by atoms with Gasteiger partial charge < -0.3 is 0 Å². The second-order valence-corrected chi connectivity index (χ2v) is 7.02. The zero-order valence-corrected chi connectivity index (χ0v) is 21.5. The summed E-state index contributed by atoms with van der Waals surface area (Å²) >= 11 is 0. The Balaban J connectivity index is -0.000000199. The van der Waals surface area contributed by atoms with Gasteiger partial charge in [-0.05, 0) is 56.1 Å². The van der Waals surface area contributed by atoms with Gasteiger partial charge in [-0.1, -0.05) is 111 Å². The standard InChI is InChI=1S/C16H26.2C4H8.2C2H6/c1-5-12-16(4,13-6-2)15-10-8-14(7-3)9-11-15;1-4(2)3;1-3-4-2;2*1-2/h8-11H,5-7,12-13H2,1-4H3;1H2,2-3H3;3H,1,4H2,2H3;2*1-2H3. The summed E-state index contributed by atoms with van der Waals surface area (Å²) in [5, 5.41) is 0. The molecule has 28 heavy (non-hydrogen) atoms. The Hall–Kier alpha value is -1.30. The average molecular weight is 391 g/mol. The normalized spacial score (nSPS) is 8.96. The van der Waals surface area contributed by atoms with Crippen molar-refractivity contribution in [2.45, 2.75) is 120 Å². The molecule has 1 aromatic rings. The van der Waals surface area contributed by atoms with Crippen LogP contribution in [0.2, 0.25) is 0 Å². The van der Waals surface area contributed by atoms with Crippen LogP contribution in [0, 0.1) is 0 Å². The third-order valence-corrected chi connectivity index (χ3v) is 3.95. The number of hydrogen-bond acceptors (Lipinski definition) is 0. The van der Waals surface area contributed by atoms with E-state index in [0.717, 1.165) is 12.8 Å². The lowest BCUT2D eigenvalue weighted by molar-refractivity contribution is 0.392. The molecule has 0 spiro atoms. The minimum Gasteiger partial charge on any atom is -0.103 e. The van der Waals surface area contributed by atoms with Gasteiger partial charge >= 0.3 is 0 Å². The Morgan fingerprint density at radius 3 is 1.39 bits per heavy atom. The number of benzene rings is 1. The fourth-order valence-corrected chi connectivity index (χ4v) is 2.66. The van der Waals surface area contributed by atoms with E-state index in [2.05, 4.69) is 72.0 Å². The van der Waals surface area contributed by atoms with Crippen LogP contribution < -0.4 is 0 Å². The Morgan fingerprint density at radius 1 is 0.857 bits per heavy atom. The molecular weight excluding hydrogens is 336 g/mol. The van der Waals surface area contributed by atoms with E-state index in [1.807, 2.05) is 47.6 Å². The van der Waals surface area contributed by atoms with Gasteiger partial charge in [-0.3, -0.25) is 0 Å². The first kappa shape index (κ1) is 34.2. The quantitative estimate of drug-likeness (QED) is 0.406. The van der Waals surface area contributed by atoms with Crippen LogP contribution >= 0.6 is 0 Å². The lowest BCUT2D eigenvalue weighted by Gasteiger charge is -2.30. The third-order valence-electron chi connectivity index (χ3n) is 3.95. The maximum absolute atomic E-state index is 3.56. The molecule has 0 heterocycles. The molecule has 0 aliphatic carbocycles. The van der Waals surface area contributed by atoms with Crippen molar-refractivity contribution >= 4 is 0 Å². The fraction of sp³-hybridized carbons (Fsp3) is 0.643. The second-order valence-electron chi connectivity index (χ2n) is 7.02. The molecule has 166 valence electrons. The molecule has 1 aromatic carbocycles. The maximum Gasteiger partial charge on any atom is -0.00754 e. The van der Waals surface area contributed by atoms with Gasteiger partial charge in [0, 0.05) is 0 Å². The average Bonchev–Trinajstić information content (AvgIpc) is 2.71. The lowest BCUT2D eigenvalue weighted by Crippen LogP contribution is -2.21. The highest BCUT2D eigenvalue weighted by Gasteiger charge is 2.24. The van der Waals surface area contributed by atoms with Crippen molar-refractivity contribution in [2.24, 2.45) is 0 Å². The maximum atomic E-state index is 3.56. The van der Waals surface area contributed by atoms with E-state index in [1.165, 1.54) is 42.4 Å². The Morgan fingerprint density at radius 2 is 1.18 bits per heavy atom. The first-order valence-electron chi connectivity index (χ1n) is 11.6. The van der Waals surface area contributed by atoms with Gasteiger partial charge in [0.15, 0.2) is 0 Å². The van der Waals surface area contributed by atoms with Gasteiger partial charge in [-0.15, -0.1) is 13.2 Å². The summed E-state index contributed by atoms with van der Waals surface area (Å²) in [6.45, 7) is 30.2. The van der Waals surface area contributed by atoms with Gasteiger partial charge in [0.25, 0.3) is 0 Å². The summed E-state index contributed by atoms with van der Waals surface area (Å²) in [6, 6.07) is 9.26. The van der Waals surface area contributed by atoms with Gasteiger partial charge in [0.2, 0.25) is 0 Å². The molecule has 0 unspecified atom stereocenters. The van der Waals surface area contributed by atoms with Gasteiger partial charge in [0.05, 0.1) is 0 Å².